The zero-order valence-corrected chi connectivity index (χ0v) is 11.7. The number of hydrogen-bond donors (Lipinski definition) is 1. The fourth-order valence-electron chi connectivity index (χ4n) is 1.98. The number of nitrogens with one attached hydrogen (secondary N) is 1. The molecule has 1 N–H and O–H groups in total. The van der Waals surface area contributed by atoms with Gasteiger partial charge in [-0.15, -0.1) is 0 Å². The molecule has 0 bridgehead atoms. The van der Waals surface area contributed by atoms with Gasteiger partial charge in [-0.1, -0.05) is 37.6 Å². The van der Waals surface area contributed by atoms with Crippen molar-refractivity contribution in [1.29, 1.82) is 0 Å². The molecule has 1 aromatic carbocycles. The molecule has 0 aliphatic carbocycles. The van der Waals surface area contributed by atoms with E-state index in [1.807, 2.05) is 13.8 Å². The lowest BCUT2D eigenvalue weighted by atomic mass is 10.0. The van der Waals surface area contributed by atoms with E-state index in [-0.39, 0.29) is 18.1 Å². The molecule has 0 saturated heterocycles. The molecule has 0 aliphatic heterocycles. The number of carbonyl (C=O) groups is 1. The lowest BCUT2D eigenvalue weighted by Gasteiger charge is -2.18. The molecule has 18 heavy (non-hydrogen) atoms. The molecule has 3 nitrogen and oxygen atoms in total. The topological polar surface area (TPSA) is 38.3 Å². The first-order valence-electron chi connectivity index (χ1n) is 6.51. The third-order valence-corrected chi connectivity index (χ3v) is 3.07. The SMILES string of the molecule is CCCc1ccc(C(C)N[C@@H](C)C(=O)OC)cc1. The monoisotopic (exact) mass is 249 g/mol. The molecule has 3 heteroatoms. The number of methoxy groups -OCH3 is 1. The first-order chi connectivity index (χ1) is 8.58. The highest BCUT2D eigenvalue weighted by atomic mass is 16.5. The van der Waals surface area contributed by atoms with Crippen LogP contribution >= 0.6 is 0 Å². The molecular formula is C15H23NO2. The molecule has 2 atom stereocenters. The Morgan fingerprint density at radius 2 is 1.89 bits per heavy atom. The predicted octanol–water partition coefficient (Wildman–Crippen LogP) is 2.85. The molecule has 0 saturated carbocycles. The Morgan fingerprint density at radius 3 is 2.39 bits per heavy atom. The summed E-state index contributed by atoms with van der Waals surface area (Å²) in [5, 5.41) is 3.22. The standard InChI is InChI=1S/C15H23NO2/c1-5-6-13-7-9-14(10-8-13)11(2)16-12(3)15(17)18-4/h7-12,16H,5-6H2,1-4H3/t11?,12-/m0/s1. The van der Waals surface area contributed by atoms with Gasteiger partial charge in [0.05, 0.1) is 7.11 Å². The van der Waals surface area contributed by atoms with Crippen LogP contribution in [0.25, 0.3) is 0 Å². The fraction of sp³-hybridized carbons (Fsp3) is 0.533. The fourth-order valence-corrected chi connectivity index (χ4v) is 1.98. The molecule has 100 valence electrons. The van der Waals surface area contributed by atoms with Gasteiger partial charge in [-0.2, -0.15) is 0 Å². The van der Waals surface area contributed by atoms with Crippen LogP contribution in [-0.2, 0) is 16.0 Å². The van der Waals surface area contributed by atoms with Crippen LogP contribution in [0.1, 0.15) is 44.4 Å². The zero-order chi connectivity index (χ0) is 13.5. The number of hydrogen-bond acceptors (Lipinski definition) is 3. The van der Waals surface area contributed by atoms with Gasteiger partial charge >= 0.3 is 5.97 Å². The maximum atomic E-state index is 11.3. The van der Waals surface area contributed by atoms with E-state index < -0.39 is 0 Å². The van der Waals surface area contributed by atoms with E-state index in [1.54, 1.807) is 0 Å². The summed E-state index contributed by atoms with van der Waals surface area (Å²) in [5.74, 6) is -0.232. The Morgan fingerprint density at radius 1 is 1.28 bits per heavy atom. The van der Waals surface area contributed by atoms with Crippen molar-refractivity contribution < 1.29 is 9.53 Å². The Hall–Kier alpha value is -1.35. The van der Waals surface area contributed by atoms with Gasteiger partial charge in [0.15, 0.2) is 0 Å². The zero-order valence-electron chi connectivity index (χ0n) is 11.7. The van der Waals surface area contributed by atoms with Crippen molar-refractivity contribution in [3.63, 3.8) is 0 Å². The van der Waals surface area contributed by atoms with E-state index in [0.29, 0.717) is 0 Å². The summed E-state index contributed by atoms with van der Waals surface area (Å²) in [5.41, 5.74) is 2.54. The Kier molecular flexibility index (Phi) is 5.86. The summed E-state index contributed by atoms with van der Waals surface area (Å²) in [7, 11) is 1.41. The molecular weight excluding hydrogens is 226 g/mol. The number of benzene rings is 1. The predicted molar refractivity (Wildman–Crippen MR) is 73.5 cm³/mol. The van der Waals surface area contributed by atoms with Gasteiger partial charge in [0, 0.05) is 6.04 Å². The van der Waals surface area contributed by atoms with Crippen molar-refractivity contribution in [2.75, 3.05) is 7.11 Å². The van der Waals surface area contributed by atoms with Crippen LogP contribution in [0.5, 0.6) is 0 Å². The van der Waals surface area contributed by atoms with Crippen LogP contribution in [0.2, 0.25) is 0 Å². The van der Waals surface area contributed by atoms with E-state index in [9.17, 15) is 4.79 Å². The Labute approximate surface area is 110 Å². The van der Waals surface area contributed by atoms with Gasteiger partial charge in [-0.3, -0.25) is 10.1 Å². The Balaban J connectivity index is 2.61. The van der Waals surface area contributed by atoms with Gasteiger partial charge in [0.2, 0.25) is 0 Å². The number of ether oxygens (including phenoxy) is 1. The van der Waals surface area contributed by atoms with E-state index in [4.69, 9.17) is 4.74 Å². The molecule has 1 unspecified atom stereocenters. The summed E-state index contributed by atoms with van der Waals surface area (Å²) in [6.07, 6.45) is 2.27. The summed E-state index contributed by atoms with van der Waals surface area (Å²) in [6.45, 7) is 6.04. The summed E-state index contributed by atoms with van der Waals surface area (Å²) < 4.78 is 4.70. The number of aryl methyl sites for hydroxylation is 1. The van der Waals surface area contributed by atoms with E-state index >= 15 is 0 Å². The summed E-state index contributed by atoms with van der Waals surface area (Å²) in [4.78, 5) is 11.3. The molecule has 0 fully saturated rings. The van der Waals surface area contributed by atoms with Crippen LogP contribution in [0.3, 0.4) is 0 Å². The van der Waals surface area contributed by atoms with Crippen molar-refractivity contribution in [1.82, 2.24) is 5.32 Å². The average molecular weight is 249 g/mol. The largest absolute Gasteiger partial charge is 0.468 e. The average Bonchev–Trinajstić information content (AvgIpc) is 2.38. The van der Waals surface area contributed by atoms with Crippen LogP contribution < -0.4 is 5.32 Å². The van der Waals surface area contributed by atoms with Gasteiger partial charge < -0.3 is 4.74 Å². The second kappa shape index (κ2) is 7.17. The van der Waals surface area contributed by atoms with Crippen molar-refractivity contribution in [2.24, 2.45) is 0 Å². The quantitative estimate of drug-likeness (QED) is 0.788. The molecule has 1 rings (SSSR count). The van der Waals surface area contributed by atoms with Crippen LogP contribution in [-0.4, -0.2) is 19.1 Å². The van der Waals surface area contributed by atoms with Crippen molar-refractivity contribution in [2.45, 2.75) is 45.7 Å². The maximum absolute atomic E-state index is 11.3. The first kappa shape index (κ1) is 14.7. The molecule has 0 amide bonds. The van der Waals surface area contributed by atoms with Crippen molar-refractivity contribution in [3.8, 4) is 0 Å². The second-order valence-corrected chi connectivity index (χ2v) is 4.62. The minimum atomic E-state index is -0.291. The van der Waals surface area contributed by atoms with E-state index in [1.165, 1.54) is 18.2 Å². The van der Waals surface area contributed by atoms with Crippen molar-refractivity contribution in [3.05, 3.63) is 35.4 Å². The third-order valence-electron chi connectivity index (χ3n) is 3.07. The lowest BCUT2D eigenvalue weighted by Crippen LogP contribution is -2.36. The summed E-state index contributed by atoms with van der Waals surface area (Å²) >= 11 is 0. The number of carbonyl (C=O) groups excluding carboxylic acids is 1. The lowest BCUT2D eigenvalue weighted by molar-refractivity contribution is -0.142. The second-order valence-electron chi connectivity index (χ2n) is 4.62. The highest BCUT2D eigenvalue weighted by Crippen LogP contribution is 2.15. The summed E-state index contributed by atoms with van der Waals surface area (Å²) in [6, 6.07) is 8.38. The third kappa shape index (κ3) is 4.15. The molecule has 1 aromatic rings. The highest BCUT2D eigenvalue weighted by Gasteiger charge is 2.16. The van der Waals surface area contributed by atoms with Crippen LogP contribution in [0, 0.1) is 0 Å². The highest BCUT2D eigenvalue weighted by molar-refractivity contribution is 5.75. The Bertz CT molecular complexity index is 373. The number of esters is 1. The van der Waals surface area contributed by atoms with E-state index in [2.05, 4.69) is 36.5 Å². The first-order valence-corrected chi connectivity index (χ1v) is 6.51. The van der Waals surface area contributed by atoms with Crippen LogP contribution in [0.15, 0.2) is 24.3 Å². The van der Waals surface area contributed by atoms with Gasteiger partial charge in [0.25, 0.3) is 0 Å². The minimum Gasteiger partial charge on any atom is -0.468 e. The maximum Gasteiger partial charge on any atom is 0.322 e. The molecule has 0 radical (unpaired) electrons. The smallest absolute Gasteiger partial charge is 0.322 e. The minimum absolute atomic E-state index is 0.134. The molecule has 0 aromatic heterocycles. The number of rotatable bonds is 6. The van der Waals surface area contributed by atoms with Gasteiger partial charge in [-0.05, 0) is 31.4 Å². The van der Waals surface area contributed by atoms with Crippen LogP contribution in [0.4, 0.5) is 0 Å². The van der Waals surface area contributed by atoms with E-state index in [0.717, 1.165) is 12.8 Å². The molecule has 0 aliphatic rings. The molecule has 0 spiro atoms. The van der Waals surface area contributed by atoms with Crippen molar-refractivity contribution >= 4 is 5.97 Å². The normalized spacial score (nSPS) is 14.0. The van der Waals surface area contributed by atoms with Gasteiger partial charge in [-0.25, -0.2) is 0 Å². The molecule has 0 heterocycles. The van der Waals surface area contributed by atoms with Gasteiger partial charge in [0.1, 0.15) is 6.04 Å².